The summed E-state index contributed by atoms with van der Waals surface area (Å²) in [6.45, 7) is 5.37. The lowest BCUT2D eigenvalue weighted by Crippen LogP contribution is -2.34. The summed E-state index contributed by atoms with van der Waals surface area (Å²) >= 11 is 0. The van der Waals surface area contributed by atoms with E-state index in [0.717, 1.165) is 5.56 Å². The molecule has 0 spiro atoms. The normalized spacial score (nSPS) is 13.9. The maximum atomic E-state index is 13.2. The molecule has 0 heterocycles. The highest BCUT2D eigenvalue weighted by atomic mass is 19.1. The molecule has 0 aliphatic carbocycles. The first-order valence-electron chi connectivity index (χ1n) is 5.60. The van der Waals surface area contributed by atoms with Crippen molar-refractivity contribution in [2.45, 2.75) is 45.3 Å². The monoisotopic (exact) mass is 226 g/mol. The summed E-state index contributed by atoms with van der Waals surface area (Å²) in [7, 11) is 0. The van der Waals surface area contributed by atoms with Gasteiger partial charge >= 0.3 is 0 Å². The van der Waals surface area contributed by atoms with Crippen LogP contribution in [0.5, 0.6) is 0 Å². The third-order valence-corrected chi connectivity index (χ3v) is 3.11. The van der Waals surface area contributed by atoms with Gasteiger partial charge in [0.15, 0.2) is 0 Å². The van der Waals surface area contributed by atoms with Crippen molar-refractivity contribution in [3.63, 3.8) is 0 Å². The van der Waals surface area contributed by atoms with Crippen LogP contribution in [-0.4, -0.2) is 15.8 Å². The Morgan fingerprint density at radius 1 is 1.25 bits per heavy atom. The largest absolute Gasteiger partial charge is 0.387 e. The fourth-order valence-corrected chi connectivity index (χ4v) is 1.87. The maximum absolute atomic E-state index is 13.2. The van der Waals surface area contributed by atoms with E-state index in [1.54, 1.807) is 26.8 Å². The van der Waals surface area contributed by atoms with Crippen LogP contribution < -0.4 is 0 Å². The Balaban J connectivity index is 3.08. The van der Waals surface area contributed by atoms with Gasteiger partial charge in [0.1, 0.15) is 11.9 Å². The van der Waals surface area contributed by atoms with Crippen LogP contribution in [0.3, 0.4) is 0 Å². The zero-order valence-corrected chi connectivity index (χ0v) is 10.00. The number of halogens is 1. The van der Waals surface area contributed by atoms with Gasteiger partial charge in [0.25, 0.3) is 0 Å². The average Bonchev–Trinajstić information content (AvgIpc) is 2.25. The van der Waals surface area contributed by atoms with Crippen LogP contribution in [0.1, 0.15) is 43.9 Å². The molecule has 0 radical (unpaired) electrons. The lowest BCUT2D eigenvalue weighted by Gasteiger charge is -2.31. The lowest BCUT2D eigenvalue weighted by atomic mass is 9.86. The second-order valence-electron chi connectivity index (χ2n) is 4.28. The Morgan fingerprint density at radius 3 is 2.25 bits per heavy atom. The van der Waals surface area contributed by atoms with E-state index in [2.05, 4.69) is 0 Å². The van der Waals surface area contributed by atoms with E-state index in [0.29, 0.717) is 18.4 Å². The Bertz CT molecular complexity index is 339. The van der Waals surface area contributed by atoms with Gasteiger partial charge in [-0.05, 0) is 43.0 Å². The zero-order valence-electron chi connectivity index (χ0n) is 10.00. The molecule has 1 aromatic carbocycles. The molecule has 16 heavy (non-hydrogen) atoms. The molecular formula is C13H19FO2. The van der Waals surface area contributed by atoms with Crippen molar-refractivity contribution in [2.24, 2.45) is 0 Å². The quantitative estimate of drug-likeness (QED) is 0.828. The molecular weight excluding hydrogens is 207 g/mol. The predicted octanol–water partition coefficient (Wildman–Crippen LogP) is 2.72. The van der Waals surface area contributed by atoms with E-state index in [1.165, 1.54) is 12.1 Å². The minimum atomic E-state index is -1.18. The summed E-state index contributed by atoms with van der Waals surface area (Å²) in [5.41, 5.74) is -0.00689. The molecule has 90 valence electrons. The molecule has 1 rings (SSSR count). The van der Waals surface area contributed by atoms with Crippen molar-refractivity contribution in [3.05, 3.63) is 35.1 Å². The molecule has 0 aliphatic heterocycles. The van der Waals surface area contributed by atoms with Crippen LogP contribution in [0.4, 0.5) is 4.39 Å². The van der Waals surface area contributed by atoms with Crippen LogP contribution in [0.2, 0.25) is 0 Å². The smallest absolute Gasteiger partial charge is 0.123 e. The number of hydrogen-bond donors (Lipinski definition) is 2. The number of hydrogen-bond acceptors (Lipinski definition) is 2. The van der Waals surface area contributed by atoms with E-state index in [9.17, 15) is 14.6 Å². The summed E-state index contributed by atoms with van der Waals surface area (Å²) in [5.74, 6) is -0.386. The molecule has 0 aromatic heterocycles. The molecule has 2 N–H and O–H groups in total. The highest BCUT2D eigenvalue weighted by Crippen LogP contribution is 2.32. The summed E-state index contributed by atoms with van der Waals surface area (Å²) in [5, 5.41) is 20.2. The number of benzene rings is 1. The molecule has 1 aromatic rings. The van der Waals surface area contributed by atoms with Crippen LogP contribution in [-0.2, 0) is 0 Å². The summed E-state index contributed by atoms with van der Waals surface area (Å²) in [6.07, 6.45) is -0.183. The van der Waals surface area contributed by atoms with Gasteiger partial charge in [-0.15, -0.1) is 0 Å². The molecule has 0 fully saturated rings. The fraction of sp³-hybridized carbons (Fsp3) is 0.538. The van der Waals surface area contributed by atoms with Crippen molar-refractivity contribution in [1.82, 2.24) is 0 Å². The Kier molecular flexibility index (Phi) is 4.05. The second-order valence-corrected chi connectivity index (χ2v) is 4.28. The first-order valence-corrected chi connectivity index (χ1v) is 5.60. The van der Waals surface area contributed by atoms with Crippen molar-refractivity contribution in [2.75, 3.05) is 0 Å². The van der Waals surface area contributed by atoms with Crippen LogP contribution in [0.25, 0.3) is 0 Å². The maximum Gasteiger partial charge on any atom is 0.123 e. The molecule has 1 atom stereocenters. The number of aliphatic hydroxyl groups excluding tert-OH is 1. The van der Waals surface area contributed by atoms with Crippen LogP contribution >= 0.6 is 0 Å². The van der Waals surface area contributed by atoms with Gasteiger partial charge in [-0.3, -0.25) is 0 Å². The molecule has 0 bridgehead atoms. The van der Waals surface area contributed by atoms with Crippen LogP contribution in [0.15, 0.2) is 18.2 Å². The third kappa shape index (κ3) is 2.60. The van der Waals surface area contributed by atoms with E-state index in [1.807, 2.05) is 0 Å². The van der Waals surface area contributed by atoms with Crippen molar-refractivity contribution >= 4 is 0 Å². The summed E-state index contributed by atoms with van der Waals surface area (Å²) in [4.78, 5) is 0. The van der Waals surface area contributed by atoms with Gasteiger partial charge < -0.3 is 10.2 Å². The second kappa shape index (κ2) is 4.93. The lowest BCUT2D eigenvalue weighted by molar-refractivity contribution is -0.0821. The van der Waals surface area contributed by atoms with Gasteiger partial charge in [-0.1, -0.05) is 19.9 Å². The Hall–Kier alpha value is -0.930. The molecule has 0 amide bonds. The van der Waals surface area contributed by atoms with Crippen molar-refractivity contribution in [1.29, 1.82) is 0 Å². The first kappa shape index (κ1) is 13.1. The topological polar surface area (TPSA) is 40.5 Å². The first-order chi connectivity index (χ1) is 7.42. The molecule has 0 saturated heterocycles. The minimum Gasteiger partial charge on any atom is -0.387 e. The highest BCUT2D eigenvalue weighted by molar-refractivity contribution is 5.27. The van der Waals surface area contributed by atoms with Gasteiger partial charge in [-0.2, -0.15) is 0 Å². The van der Waals surface area contributed by atoms with Gasteiger partial charge in [-0.25, -0.2) is 4.39 Å². The van der Waals surface area contributed by atoms with E-state index < -0.39 is 11.7 Å². The molecule has 1 unspecified atom stereocenters. The SMILES string of the molecule is CCC(O)(CC)C(O)c1cc(C)cc(F)c1. The Morgan fingerprint density at radius 2 is 1.81 bits per heavy atom. The summed E-state index contributed by atoms with van der Waals surface area (Å²) in [6, 6.07) is 4.37. The van der Waals surface area contributed by atoms with E-state index >= 15 is 0 Å². The third-order valence-electron chi connectivity index (χ3n) is 3.11. The van der Waals surface area contributed by atoms with Gasteiger partial charge in [0, 0.05) is 0 Å². The highest BCUT2D eigenvalue weighted by Gasteiger charge is 2.33. The fourth-order valence-electron chi connectivity index (χ4n) is 1.87. The molecule has 3 heteroatoms. The number of rotatable bonds is 4. The van der Waals surface area contributed by atoms with Gasteiger partial charge in [0.2, 0.25) is 0 Å². The molecule has 0 saturated carbocycles. The number of aryl methyl sites for hydroxylation is 1. The molecule has 2 nitrogen and oxygen atoms in total. The van der Waals surface area contributed by atoms with Crippen molar-refractivity contribution < 1.29 is 14.6 Å². The number of aliphatic hydroxyl groups is 2. The summed E-state index contributed by atoms with van der Waals surface area (Å²) < 4.78 is 13.2. The minimum absolute atomic E-state index is 0.386. The van der Waals surface area contributed by atoms with Crippen molar-refractivity contribution in [3.8, 4) is 0 Å². The molecule has 0 aliphatic rings. The predicted molar refractivity (Wildman–Crippen MR) is 61.6 cm³/mol. The standard InChI is InChI=1S/C13H19FO2/c1-4-13(16,5-2)12(15)10-6-9(3)7-11(14)8-10/h6-8,12,15-16H,4-5H2,1-3H3. The van der Waals surface area contributed by atoms with Gasteiger partial charge in [0.05, 0.1) is 5.60 Å². The van der Waals surface area contributed by atoms with E-state index in [-0.39, 0.29) is 5.82 Å². The zero-order chi connectivity index (χ0) is 12.3. The average molecular weight is 226 g/mol. The van der Waals surface area contributed by atoms with Crippen LogP contribution in [0, 0.1) is 12.7 Å². The Labute approximate surface area is 95.7 Å². The van der Waals surface area contributed by atoms with E-state index in [4.69, 9.17) is 0 Å².